The normalized spacial score (nSPS) is 17.2. The van der Waals surface area contributed by atoms with Gasteiger partial charge in [-0.15, -0.1) is 0 Å². The zero-order valence-electron chi connectivity index (χ0n) is 16.3. The number of guanidine groups is 1. The number of halogens is 1. The molecule has 0 aromatic heterocycles. The van der Waals surface area contributed by atoms with Gasteiger partial charge >= 0.3 is 0 Å². The number of nitrogens with one attached hydrogen (secondary N) is 1. The van der Waals surface area contributed by atoms with Gasteiger partial charge in [0.05, 0.1) is 6.54 Å². The zero-order chi connectivity index (χ0) is 19.0. The molecule has 1 saturated heterocycles. The molecule has 0 spiro atoms. The van der Waals surface area contributed by atoms with Crippen LogP contribution in [0.25, 0.3) is 0 Å². The van der Waals surface area contributed by atoms with E-state index in [0.717, 1.165) is 50.9 Å². The van der Waals surface area contributed by atoms with E-state index in [9.17, 15) is 0 Å². The largest absolute Gasteiger partial charge is 0.492 e. The van der Waals surface area contributed by atoms with E-state index in [-0.39, 0.29) is 5.54 Å². The molecule has 0 bridgehead atoms. The van der Waals surface area contributed by atoms with Crippen molar-refractivity contribution in [2.75, 3.05) is 61.1 Å². The Kier molecular flexibility index (Phi) is 8.00. The van der Waals surface area contributed by atoms with Gasteiger partial charge in [0.25, 0.3) is 0 Å². The number of nitrogens with zero attached hydrogens (tertiary/aromatic N) is 3. The molecule has 0 atom stereocenters. The third-order valence-corrected chi connectivity index (χ3v) is 5.25. The van der Waals surface area contributed by atoms with E-state index in [2.05, 4.69) is 34.2 Å². The summed E-state index contributed by atoms with van der Waals surface area (Å²) < 4.78 is 11.3. The van der Waals surface area contributed by atoms with Crippen LogP contribution < -0.4 is 10.1 Å². The van der Waals surface area contributed by atoms with Crippen molar-refractivity contribution in [3.63, 3.8) is 0 Å². The number of likely N-dealkylation sites (N-methyl/N-ethyl adjacent to an activating group) is 2. The minimum Gasteiger partial charge on any atom is -0.492 e. The number of rotatable bonds is 7. The van der Waals surface area contributed by atoms with Crippen molar-refractivity contribution in [2.24, 2.45) is 4.99 Å². The summed E-state index contributed by atoms with van der Waals surface area (Å²) in [5.74, 6) is 1.65. The zero-order valence-corrected chi connectivity index (χ0v) is 17.1. The Balaban J connectivity index is 1.83. The van der Waals surface area contributed by atoms with Gasteiger partial charge in [-0.25, -0.2) is 0 Å². The molecule has 6 nitrogen and oxygen atoms in total. The lowest BCUT2D eigenvalue weighted by Gasteiger charge is -2.43. The average Bonchev–Trinajstić information content (AvgIpc) is 2.63. The lowest BCUT2D eigenvalue weighted by molar-refractivity contribution is -0.00522. The molecule has 1 aliphatic rings. The van der Waals surface area contributed by atoms with E-state index in [1.807, 2.05) is 38.4 Å². The van der Waals surface area contributed by atoms with Crippen molar-refractivity contribution < 1.29 is 9.47 Å². The maximum atomic E-state index is 5.98. The van der Waals surface area contributed by atoms with Gasteiger partial charge in [-0.05, 0) is 45.1 Å². The number of hydrogen-bond donors (Lipinski definition) is 1. The molecule has 0 radical (unpaired) electrons. The van der Waals surface area contributed by atoms with Crippen LogP contribution in [0, 0.1) is 0 Å². The number of ether oxygens (including phenoxy) is 2. The molecule has 1 aromatic carbocycles. The molecule has 1 aliphatic heterocycles. The third-order valence-electron chi connectivity index (χ3n) is 5.01. The second-order valence-corrected chi connectivity index (χ2v) is 7.30. The summed E-state index contributed by atoms with van der Waals surface area (Å²) in [7, 11) is 8.10. The van der Waals surface area contributed by atoms with E-state index < -0.39 is 0 Å². The van der Waals surface area contributed by atoms with Crippen LogP contribution in [0.1, 0.15) is 12.8 Å². The molecule has 1 heterocycles. The standard InChI is InChI=1S/C19H31ClN4O2/c1-21-18(22-15-19(23(2)3)8-11-25-12-9-19)24(4)10-13-26-17-7-5-6-16(20)14-17/h5-7,14H,8-13,15H2,1-4H3,(H,21,22). The molecular weight excluding hydrogens is 352 g/mol. The second-order valence-electron chi connectivity index (χ2n) is 6.86. The first kappa shape index (κ1) is 20.8. The Morgan fingerprint density at radius 2 is 2.04 bits per heavy atom. The SMILES string of the molecule is CN=C(NCC1(N(C)C)CCOCC1)N(C)CCOc1cccc(Cl)c1. The highest BCUT2D eigenvalue weighted by Gasteiger charge is 2.35. The van der Waals surface area contributed by atoms with Gasteiger partial charge in [0, 0.05) is 44.4 Å². The van der Waals surface area contributed by atoms with Gasteiger partial charge in [0.2, 0.25) is 0 Å². The summed E-state index contributed by atoms with van der Waals surface area (Å²) in [5.41, 5.74) is 0.103. The van der Waals surface area contributed by atoms with Crippen molar-refractivity contribution in [1.29, 1.82) is 0 Å². The predicted octanol–water partition coefficient (Wildman–Crippen LogP) is 2.34. The average molecular weight is 383 g/mol. The van der Waals surface area contributed by atoms with Crippen molar-refractivity contribution in [2.45, 2.75) is 18.4 Å². The van der Waals surface area contributed by atoms with E-state index in [0.29, 0.717) is 11.6 Å². The first-order valence-electron chi connectivity index (χ1n) is 9.02. The minimum atomic E-state index is 0.103. The Bertz CT molecular complexity index is 589. The van der Waals surface area contributed by atoms with Crippen LogP contribution in [-0.2, 0) is 4.74 Å². The van der Waals surface area contributed by atoms with E-state index in [4.69, 9.17) is 21.1 Å². The van der Waals surface area contributed by atoms with Crippen molar-refractivity contribution in [3.05, 3.63) is 29.3 Å². The van der Waals surface area contributed by atoms with Crippen LogP contribution in [0.2, 0.25) is 5.02 Å². The topological polar surface area (TPSA) is 49.3 Å². The molecule has 1 N–H and O–H groups in total. The summed E-state index contributed by atoms with van der Waals surface area (Å²) in [6, 6.07) is 7.45. The fraction of sp³-hybridized carbons (Fsp3) is 0.632. The van der Waals surface area contributed by atoms with E-state index in [1.165, 1.54) is 0 Å². The Morgan fingerprint density at radius 3 is 2.65 bits per heavy atom. The molecule has 0 unspecified atom stereocenters. The van der Waals surface area contributed by atoms with Crippen LogP contribution >= 0.6 is 11.6 Å². The molecular formula is C19H31ClN4O2. The lowest BCUT2D eigenvalue weighted by atomic mass is 9.88. The number of aliphatic imine (C=N–C) groups is 1. The second kappa shape index (κ2) is 10.00. The van der Waals surface area contributed by atoms with Gasteiger partial charge in [-0.3, -0.25) is 4.99 Å². The summed E-state index contributed by atoms with van der Waals surface area (Å²) in [6.45, 7) is 3.74. The summed E-state index contributed by atoms with van der Waals surface area (Å²) in [5, 5.41) is 4.20. The molecule has 2 rings (SSSR count). The Hall–Kier alpha value is -1.50. The maximum Gasteiger partial charge on any atom is 0.193 e. The molecule has 146 valence electrons. The molecule has 7 heteroatoms. The van der Waals surface area contributed by atoms with Crippen molar-refractivity contribution in [1.82, 2.24) is 15.1 Å². The van der Waals surface area contributed by atoms with E-state index in [1.54, 1.807) is 0 Å². The minimum absolute atomic E-state index is 0.103. The summed E-state index contributed by atoms with van der Waals surface area (Å²) >= 11 is 5.98. The molecule has 1 fully saturated rings. The fourth-order valence-electron chi connectivity index (χ4n) is 3.12. The maximum absolute atomic E-state index is 5.98. The van der Waals surface area contributed by atoms with Gasteiger partial charge in [-0.1, -0.05) is 17.7 Å². The molecule has 1 aromatic rings. The fourth-order valence-corrected chi connectivity index (χ4v) is 3.31. The van der Waals surface area contributed by atoms with Crippen LogP contribution in [0.4, 0.5) is 0 Å². The van der Waals surface area contributed by atoms with Crippen molar-refractivity contribution in [3.8, 4) is 5.75 Å². The Morgan fingerprint density at radius 1 is 1.31 bits per heavy atom. The number of benzene rings is 1. The first-order chi connectivity index (χ1) is 12.5. The summed E-state index contributed by atoms with van der Waals surface area (Å²) in [6.07, 6.45) is 2.04. The lowest BCUT2D eigenvalue weighted by Crippen LogP contribution is -2.57. The monoisotopic (exact) mass is 382 g/mol. The highest BCUT2D eigenvalue weighted by atomic mass is 35.5. The molecule has 0 amide bonds. The van der Waals surface area contributed by atoms with Gasteiger partial charge in [0.15, 0.2) is 5.96 Å². The highest BCUT2D eigenvalue weighted by molar-refractivity contribution is 6.30. The first-order valence-corrected chi connectivity index (χ1v) is 9.40. The van der Waals surface area contributed by atoms with Crippen LogP contribution in [0.15, 0.2) is 29.3 Å². The predicted molar refractivity (Wildman–Crippen MR) is 107 cm³/mol. The summed E-state index contributed by atoms with van der Waals surface area (Å²) in [4.78, 5) is 8.79. The molecule has 26 heavy (non-hydrogen) atoms. The van der Waals surface area contributed by atoms with Gasteiger partial charge < -0.3 is 24.6 Å². The highest BCUT2D eigenvalue weighted by Crippen LogP contribution is 2.25. The van der Waals surface area contributed by atoms with Gasteiger partial charge in [-0.2, -0.15) is 0 Å². The van der Waals surface area contributed by atoms with Crippen LogP contribution in [-0.4, -0.2) is 82.4 Å². The van der Waals surface area contributed by atoms with Crippen LogP contribution in [0.5, 0.6) is 5.75 Å². The van der Waals surface area contributed by atoms with Crippen molar-refractivity contribution >= 4 is 17.6 Å². The van der Waals surface area contributed by atoms with Gasteiger partial charge in [0.1, 0.15) is 12.4 Å². The smallest absolute Gasteiger partial charge is 0.193 e. The molecule has 0 saturated carbocycles. The number of hydrogen-bond acceptors (Lipinski definition) is 4. The van der Waals surface area contributed by atoms with Crippen LogP contribution in [0.3, 0.4) is 0 Å². The Labute approximate surface area is 162 Å². The molecule has 0 aliphatic carbocycles. The third kappa shape index (κ3) is 5.76. The quantitative estimate of drug-likeness (QED) is 0.579. The van der Waals surface area contributed by atoms with E-state index >= 15 is 0 Å².